The highest BCUT2D eigenvalue weighted by Crippen LogP contribution is 2.36. The van der Waals surface area contributed by atoms with E-state index in [-0.39, 0.29) is 16.7 Å². The van der Waals surface area contributed by atoms with Gasteiger partial charge in [0, 0.05) is 17.1 Å². The number of benzene rings is 1. The Morgan fingerprint density at radius 2 is 1.83 bits per heavy atom. The minimum atomic E-state index is -4.22. The first-order valence-corrected chi connectivity index (χ1v) is 7.66. The van der Waals surface area contributed by atoms with E-state index in [9.17, 15) is 13.2 Å². The fraction of sp³-hybridized carbons (Fsp3) is 0.500. The van der Waals surface area contributed by atoms with Crippen molar-refractivity contribution in [2.75, 3.05) is 23.4 Å². The first-order chi connectivity index (χ1) is 8.51. The van der Waals surface area contributed by atoms with Crippen LogP contribution in [0.15, 0.2) is 29.2 Å². The second-order valence-corrected chi connectivity index (χ2v) is 6.08. The molecule has 1 aromatic carbocycles. The zero-order valence-electron chi connectivity index (χ0n) is 10.1. The van der Waals surface area contributed by atoms with Gasteiger partial charge < -0.3 is 5.32 Å². The van der Waals surface area contributed by atoms with Gasteiger partial charge in [0.2, 0.25) is 0 Å². The Balaban J connectivity index is 2.32. The second-order valence-electron chi connectivity index (χ2n) is 3.55. The van der Waals surface area contributed by atoms with E-state index in [1.165, 1.54) is 12.1 Å². The number of thioether (sulfide) groups is 2. The largest absolute Gasteiger partial charge is 0.446 e. The minimum absolute atomic E-state index is 0.0867. The van der Waals surface area contributed by atoms with Crippen LogP contribution in [0.3, 0.4) is 0 Å². The Morgan fingerprint density at radius 3 is 2.39 bits per heavy atom. The molecule has 0 aliphatic heterocycles. The van der Waals surface area contributed by atoms with Gasteiger partial charge in [0.05, 0.1) is 0 Å². The van der Waals surface area contributed by atoms with Gasteiger partial charge in [0.25, 0.3) is 0 Å². The van der Waals surface area contributed by atoms with Gasteiger partial charge >= 0.3 is 5.51 Å². The van der Waals surface area contributed by atoms with Gasteiger partial charge in [-0.2, -0.15) is 24.9 Å². The van der Waals surface area contributed by atoms with Gasteiger partial charge in [0.15, 0.2) is 0 Å². The monoisotopic (exact) mass is 295 g/mol. The molecule has 1 nitrogen and oxygen atoms in total. The number of hydrogen-bond donors (Lipinski definition) is 1. The maximum absolute atomic E-state index is 12.1. The molecule has 0 bridgehead atoms. The van der Waals surface area contributed by atoms with Gasteiger partial charge in [-0.25, -0.2) is 0 Å². The third-order valence-corrected chi connectivity index (χ3v) is 3.81. The molecule has 0 spiro atoms. The number of rotatable bonds is 7. The number of hydrogen-bond acceptors (Lipinski definition) is 3. The minimum Gasteiger partial charge on any atom is -0.385 e. The van der Waals surface area contributed by atoms with Crippen LogP contribution < -0.4 is 5.32 Å². The van der Waals surface area contributed by atoms with E-state index in [1.54, 1.807) is 12.1 Å². The molecule has 0 fully saturated rings. The molecule has 1 aromatic rings. The lowest BCUT2D eigenvalue weighted by molar-refractivity contribution is -0.0328. The Labute approximate surface area is 114 Å². The molecule has 1 N–H and O–H groups in total. The molecule has 0 atom stereocenters. The van der Waals surface area contributed by atoms with E-state index in [1.807, 2.05) is 11.8 Å². The van der Waals surface area contributed by atoms with Crippen molar-refractivity contribution in [3.8, 4) is 0 Å². The van der Waals surface area contributed by atoms with E-state index >= 15 is 0 Å². The SMILES string of the molecule is CCSCCCNc1ccc(SC(F)(F)F)cc1. The van der Waals surface area contributed by atoms with E-state index in [0.717, 1.165) is 30.2 Å². The molecule has 0 unspecified atom stereocenters. The van der Waals surface area contributed by atoms with Crippen molar-refractivity contribution in [1.82, 2.24) is 0 Å². The van der Waals surface area contributed by atoms with Crippen LogP contribution in [-0.4, -0.2) is 23.6 Å². The summed E-state index contributed by atoms with van der Waals surface area (Å²) in [4.78, 5) is 0.217. The van der Waals surface area contributed by atoms with Crippen LogP contribution in [0.4, 0.5) is 18.9 Å². The van der Waals surface area contributed by atoms with Gasteiger partial charge in [-0.15, -0.1) is 0 Å². The standard InChI is InChI=1S/C12H16F3NS2/c1-2-17-9-3-8-16-10-4-6-11(7-5-10)18-12(13,14)15/h4-7,16H,2-3,8-9H2,1H3. The van der Waals surface area contributed by atoms with Crippen molar-refractivity contribution in [2.45, 2.75) is 23.7 Å². The van der Waals surface area contributed by atoms with Crippen LogP contribution in [-0.2, 0) is 0 Å². The van der Waals surface area contributed by atoms with E-state index in [4.69, 9.17) is 0 Å². The van der Waals surface area contributed by atoms with Gasteiger partial charge in [-0.05, 0) is 54.0 Å². The predicted molar refractivity (Wildman–Crippen MR) is 74.5 cm³/mol. The van der Waals surface area contributed by atoms with Crippen molar-refractivity contribution in [1.29, 1.82) is 0 Å². The lowest BCUT2D eigenvalue weighted by Crippen LogP contribution is -2.03. The molecular weight excluding hydrogens is 279 g/mol. The van der Waals surface area contributed by atoms with Crippen molar-refractivity contribution < 1.29 is 13.2 Å². The molecule has 0 aliphatic rings. The summed E-state index contributed by atoms with van der Waals surface area (Å²) in [6.45, 7) is 2.97. The molecule has 0 saturated carbocycles. The summed E-state index contributed by atoms with van der Waals surface area (Å²) in [7, 11) is 0. The molecule has 102 valence electrons. The molecule has 6 heteroatoms. The number of anilines is 1. The number of alkyl halides is 3. The van der Waals surface area contributed by atoms with Crippen molar-refractivity contribution in [2.24, 2.45) is 0 Å². The summed E-state index contributed by atoms with van der Waals surface area (Å²) in [6.07, 6.45) is 1.05. The van der Waals surface area contributed by atoms with Gasteiger partial charge in [-0.3, -0.25) is 0 Å². The second kappa shape index (κ2) is 7.84. The van der Waals surface area contributed by atoms with E-state index in [0.29, 0.717) is 0 Å². The third kappa shape index (κ3) is 7.06. The number of halogens is 3. The molecule has 0 radical (unpaired) electrons. The summed E-state index contributed by atoms with van der Waals surface area (Å²) in [6, 6.07) is 6.34. The van der Waals surface area contributed by atoms with Crippen LogP contribution in [0.2, 0.25) is 0 Å². The maximum atomic E-state index is 12.1. The zero-order valence-corrected chi connectivity index (χ0v) is 11.7. The normalized spacial score (nSPS) is 11.6. The fourth-order valence-electron chi connectivity index (χ4n) is 1.33. The highest BCUT2D eigenvalue weighted by molar-refractivity contribution is 8.00. The molecule has 0 heterocycles. The third-order valence-electron chi connectivity index (χ3n) is 2.09. The van der Waals surface area contributed by atoms with Crippen molar-refractivity contribution in [3.63, 3.8) is 0 Å². The van der Waals surface area contributed by atoms with Crippen molar-refractivity contribution in [3.05, 3.63) is 24.3 Å². The Hall–Kier alpha value is -0.490. The van der Waals surface area contributed by atoms with Crippen LogP contribution in [0, 0.1) is 0 Å². The maximum Gasteiger partial charge on any atom is 0.446 e. The van der Waals surface area contributed by atoms with Crippen molar-refractivity contribution >= 4 is 29.2 Å². The summed E-state index contributed by atoms with van der Waals surface area (Å²) >= 11 is 1.80. The van der Waals surface area contributed by atoms with E-state index < -0.39 is 5.51 Å². The summed E-state index contributed by atoms with van der Waals surface area (Å²) in [5.74, 6) is 2.22. The highest BCUT2D eigenvalue weighted by atomic mass is 32.2. The average molecular weight is 295 g/mol. The topological polar surface area (TPSA) is 12.0 Å². The highest BCUT2D eigenvalue weighted by Gasteiger charge is 2.28. The molecule has 0 aliphatic carbocycles. The van der Waals surface area contributed by atoms with Gasteiger partial charge in [0.1, 0.15) is 0 Å². The van der Waals surface area contributed by atoms with Crippen LogP contribution >= 0.6 is 23.5 Å². The fourth-order valence-corrected chi connectivity index (χ4v) is 2.50. The smallest absolute Gasteiger partial charge is 0.385 e. The average Bonchev–Trinajstić information content (AvgIpc) is 2.29. The lowest BCUT2D eigenvalue weighted by atomic mass is 10.3. The lowest BCUT2D eigenvalue weighted by Gasteiger charge is -2.08. The Bertz CT molecular complexity index is 338. The molecule has 0 saturated heterocycles. The molecule has 0 amide bonds. The Morgan fingerprint density at radius 1 is 1.17 bits per heavy atom. The zero-order chi connectivity index (χ0) is 13.4. The first kappa shape index (κ1) is 15.6. The van der Waals surface area contributed by atoms with Crippen LogP contribution in [0.25, 0.3) is 0 Å². The molecule has 18 heavy (non-hydrogen) atoms. The summed E-state index contributed by atoms with van der Waals surface area (Å²) in [5.41, 5.74) is -3.35. The summed E-state index contributed by atoms with van der Waals surface area (Å²) in [5, 5.41) is 3.19. The number of nitrogens with one attached hydrogen (secondary N) is 1. The predicted octanol–water partition coefficient (Wildman–Crippen LogP) is 4.85. The quantitative estimate of drug-likeness (QED) is 0.570. The van der Waals surface area contributed by atoms with Crippen LogP contribution in [0.1, 0.15) is 13.3 Å². The molecular formula is C12H16F3NS2. The van der Waals surface area contributed by atoms with Gasteiger partial charge in [-0.1, -0.05) is 6.92 Å². The molecule has 1 rings (SSSR count). The van der Waals surface area contributed by atoms with E-state index in [2.05, 4.69) is 12.2 Å². The van der Waals surface area contributed by atoms with Crippen LogP contribution in [0.5, 0.6) is 0 Å². The molecule has 0 aromatic heterocycles. The Kier molecular flexibility index (Phi) is 6.78. The first-order valence-electron chi connectivity index (χ1n) is 5.68. The summed E-state index contributed by atoms with van der Waals surface area (Å²) < 4.78 is 36.3.